The maximum Gasteiger partial charge on any atom is 0.244 e. The fourth-order valence-electron chi connectivity index (χ4n) is 3.76. The zero-order valence-corrected chi connectivity index (χ0v) is 16.1. The summed E-state index contributed by atoms with van der Waals surface area (Å²) in [4.78, 5) is 0.405. The molecular weight excluding hydrogens is 362 g/mol. The van der Waals surface area contributed by atoms with Crippen molar-refractivity contribution in [1.29, 1.82) is 0 Å². The second-order valence-corrected chi connectivity index (χ2v) is 8.86. The van der Waals surface area contributed by atoms with Gasteiger partial charge in [-0.3, -0.25) is 0 Å². The Balaban J connectivity index is 1.71. The third-order valence-corrected chi connectivity index (χ3v) is 7.24. The highest BCUT2D eigenvalue weighted by Gasteiger charge is 2.33. The van der Waals surface area contributed by atoms with E-state index < -0.39 is 10.0 Å². The smallest absolute Gasteiger partial charge is 0.244 e. The van der Waals surface area contributed by atoms with Crippen LogP contribution >= 0.6 is 0 Å². The fraction of sp³-hybridized carbons (Fsp3) is 0.368. The maximum atomic E-state index is 13.5. The van der Waals surface area contributed by atoms with Crippen molar-refractivity contribution >= 4 is 20.8 Å². The molecule has 1 aromatic heterocycles. The van der Waals surface area contributed by atoms with Crippen molar-refractivity contribution in [3.8, 4) is 0 Å². The van der Waals surface area contributed by atoms with Crippen LogP contribution in [-0.2, 0) is 16.6 Å². The lowest BCUT2D eigenvalue weighted by atomic mass is 10.1. The van der Waals surface area contributed by atoms with E-state index in [1.54, 1.807) is 8.99 Å². The van der Waals surface area contributed by atoms with Crippen molar-refractivity contribution in [3.63, 3.8) is 0 Å². The van der Waals surface area contributed by atoms with E-state index in [4.69, 9.17) is 5.73 Å². The van der Waals surface area contributed by atoms with Gasteiger partial charge in [-0.15, -0.1) is 5.10 Å². The van der Waals surface area contributed by atoms with Crippen LogP contribution in [-0.4, -0.2) is 40.8 Å². The van der Waals surface area contributed by atoms with Gasteiger partial charge in [0.2, 0.25) is 10.0 Å². The summed E-state index contributed by atoms with van der Waals surface area (Å²) in [5.41, 5.74) is 7.09. The Kier molecular flexibility index (Phi) is 4.71. The summed E-state index contributed by atoms with van der Waals surface area (Å²) in [5.74, 6) is 0. The number of aryl methyl sites for hydroxylation is 1. The monoisotopic (exact) mass is 385 g/mol. The summed E-state index contributed by atoms with van der Waals surface area (Å²) in [6.45, 7) is 3.08. The molecule has 0 amide bonds. The quantitative estimate of drug-likeness (QED) is 0.743. The number of piperidine rings is 1. The van der Waals surface area contributed by atoms with Crippen molar-refractivity contribution in [2.24, 2.45) is 5.73 Å². The Morgan fingerprint density at radius 3 is 2.81 bits per heavy atom. The lowest BCUT2D eigenvalue weighted by Crippen LogP contribution is -2.41. The van der Waals surface area contributed by atoms with Gasteiger partial charge in [0.25, 0.3) is 0 Å². The average molecular weight is 385 g/mol. The van der Waals surface area contributed by atoms with E-state index in [0.717, 1.165) is 29.2 Å². The van der Waals surface area contributed by atoms with E-state index in [1.165, 1.54) is 0 Å². The van der Waals surface area contributed by atoms with Gasteiger partial charge in [-0.25, -0.2) is 13.1 Å². The zero-order chi connectivity index (χ0) is 19.0. The van der Waals surface area contributed by atoms with Crippen LogP contribution in [0.15, 0.2) is 47.5 Å². The second-order valence-electron chi connectivity index (χ2n) is 6.99. The van der Waals surface area contributed by atoms with Crippen LogP contribution in [0, 0.1) is 6.92 Å². The third kappa shape index (κ3) is 3.24. The van der Waals surface area contributed by atoms with E-state index in [-0.39, 0.29) is 6.04 Å². The van der Waals surface area contributed by atoms with Crippen LogP contribution in [0.3, 0.4) is 0 Å². The van der Waals surface area contributed by atoms with Gasteiger partial charge in [-0.05, 0) is 30.7 Å². The third-order valence-electron chi connectivity index (χ3n) is 5.17. The molecule has 8 heteroatoms. The molecule has 1 aliphatic heterocycles. The number of benzene rings is 2. The Hall–Kier alpha value is -2.29. The summed E-state index contributed by atoms with van der Waals surface area (Å²) in [7, 11) is -3.61. The van der Waals surface area contributed by atoms with Crippen LogP contribution < -0.4 is 5.73 Å². The van der Waals surface area contributed by atoms with Gasteiger partial charge in [0.15, 0.2) is 0 Å². The van der Waals surface area contributed by atoms with Gasteiger partial charge in [0, 0.05) is 25.0 Å². The summed E-state index contributed by atoms with van der Waals surface area (Å²) in [5, 5.41) is 9.86. The first-order chi connectivity index (χ1) is 13.0. The zero-order valence-electron chi connectivity index (χ0n) is 15.2. The Morgan fingerprint density at radius 2 is 2.04 bits per heavy atom. The highest BCUT2D eigenvalue weighted by atomic mass is 32.2. The predicted molar refractivity (Wildman–Crippen MR) is 104 cm³/mol. The molecule has 1 atom stereocenters. The first-order valence-corrected chi connectivity index (χ1v) is 10.5. The molecule has 4 rings (SSSR count). The van der Waals surface area contributed by atoms with E-state index in [9.17, 15) is 8.42 Å². The van der Waals surface area contributed by atoms with Gasteiger partial charge in [-0.1, -0.05) is 41.6 Å². The first kappa shape index (κ1) is 18.1. The highest BCUT2D eigenvalue weighted by Crippen LogP contribution is 2.32. The molecule has 2 aromatic carbocycles. The van der Waals surface area contributed by atoms with Crippen LogP contribution in [0.1, 0.15) is 30.1 Å². The molecule has 3 aromatic rings. The SMILES string of the molecule is Cc1ccc2ccccc2c1S(=O)(=O)N1CCCC(n2cc(CN)nn2)C1. The van der Waals surface area contributed by atoms with Gasteiger partial charge in [0.05, 0.1) is 22.8 Å². The minimum atomic E-state index is -3.61. The minimum Gasteiger partial charge on any atom is -0.325 e. The molecule has 1 aliphatic rings. The number of nitrogens with two attached hydrogens (primary N) is 1. The van der Waals surface area contributed by atoms with Gasteiger partial charge in [-0.2, -0.15) is 4.31 Å². The molecule has 0 saturated carbocycles. The number of nitrogens with zero attached hydrogens (tertiary/aromatic N) is 4. The van der Waals surface area contributed by atoms with E-state index in [2.05, 4.69) is 10.3 Å². The summed E-state index contributed by atoms with van der Waals surface area (Å²) < 4.78 is 30.4. The second kappa shape index (κ2) is 7.03. The normalized spacial score (nSPS) is 18.8. The summed E-state index contributed by atoms with van der Waals surface area (Å²) in [6.07, 6.45) is 3.46. The molecule has 0 bridgehead atoms. The van der Waals surface area contributed by atoms with Crippen molar-refractivity contribution < 1.29 is 8.42 Å². The number of aromatic nitrogens is 3. The van der Waals surface area contributed by atoms with Crippen LogP contribution in [0.5, 0.6) is 0 Å². The van der Waals surface area contributed by atoms with Crippen LogP contribution in [0.2, 0.25) is 0 Å². The number of hydrogen-bond acceptors (Lipinski definition) is 5. The lowest BCUT2D eigenvalue weighted by Gasteiger charge is -2.32. The molecule has 27 heavy (non-hydrogen) atoms. The number of hydrogen-bond donors (Lipinski definition) is 1. The van der Waals surface area contributed by atoms with E-state index in [1.807, 2.05) is 49.5 Å². The first-order valence-electron chi connectivity index (χ1n) is 9.10. The van der Waals surface area contributed by atoms with E-state index in [0.29, 0.717) is 30.2 Å². The predicted octanol–water partition coefficient (Wildman–Crippen LogP) is 2.22. The van der Waals surface area contributed by atoms with Crippen LogP contribution in [0.4, 0.5) is 0 Å². The minimum absolute atomic E-state index is 0.0309. The van der Waals surface area contributed by atoms with Crippen molar-refractivity contribution in [1.82, 2.24) is 19.3 Å². The Bertz CT molecular complexity index is 1080. The van der Waals surface area contributed by atoms with Gasteiger partial charge >= 0.3 is 0 Å². The standard InChI is InChI=1S/C19H23N5O2S/c1-14-8-9-15-5-2-3-7-18(15)19(14)27(25,26)23-10-4-6-17(13-23)24-12-16(11-20)21-22-24/h2-3,5,7-9,12,17H,4,6,10-11,13,20H2,1H3. The Morgan fingerprint density at radius 1 is 1.22 bits per heavy atom. The van der Waals surface area contributed by atoms with Gasteiger partial charge in [0.1, 0.15) is 0 Å². The highest BCUT2D eigenvalue weighted by molar-refractivity contribution is 7.89. The average Bonchev–Trinajstić information content (AvgIpc) is 3.17. The molecule has 142 valence electrons. The number of sulfonamides is 1. The maximum absolute atomic E-state index is 13.5. The van der Waals surface area contributed by atoms with Crippen molar-refractivity contribution in [3.05, 3.63) is 53.9 Å². The molecule has 0 aliphatic carbocycles. The largest absolute Gasteiger partial charge is 0.325 e. The fourth-order valence-corrected chi connectivity index (χ4v) is 5.70. The molecule has 2 heterocycles. The molecule has 0 radical (unpaired) electrons. The molecule has 1 saturated heterocycles. The molecule has 1 unspecified atom stereocenters. The molecular formula is C19H23N5O2S. The number of rotatable bonds is 4. The lowest BCUT2D eigenvalue weighted by molar-refractivity contribution is 0.251. The summed E-state index contributed by atoms with van der Waals surface area (Å²) in [6, 6.07) is 11.4. The molecule has 2 N–H and O–H groups in total. The number of fused-ring (bicyclic) bond motifs is 1. The topological polar surface area (TPSA) is 94.1 Å². The molecule has 7 nitrogen and oxygen atoms in total. The Labute approximate surface area is 158 Å². The van der Waals surface area contributed by atoms with Crippen molar-refractivity contribution in [2.75, 3.05) is 13.1 Å². The van der Waals surface area contributed by atoms with Crippen molar-refractivity contribution in [2.45, 2.75) is 37.2 Å². The van der Waals surface area contributed by atoms with Gasteiger partial charge < -0.3 is 5.73 Å². The molecule has 1 fully saturated rings. The van der Waals surface area contributed by atoms with Crippen LogP contribution in [0.25, 0.3) is 10.8 Å². The summed E-state index contributed by atoms with van der Waals surface area (Å²) >= 11 is 0. The molecule has 0 spiro atoms. The van der Waals surface area contributed by atoms with E-state index >= 15 is 0 Å².